The lowest BCUT2D eigenvalue weighted by atomic mass is 10.1. The molecule has 0 aliphatic rings. The van der Waals surface area contributed by atoms with Crippen LogP contribution < -0.4 is 4.74 Å². The molecule has 0 aliphatic carbocycles. The first-order valence-electron chi connectivity index (χ1n) is 7.16. The number of benzene rings is 1. The molecule has 0 spiro atoms. The van der Waals surface area contributed by atoms with Crippen LogP contribution in [0.3, 0.4) is 0 Å². The molecule has 0 saturated heterocycles. The molecule has 0 radical (unpaired) electrons. The fraction of sp³-hybridized carbons (Fsp3) is 0.500. The average molecular weight is 293 g/mol. The summed E-state index contributed by atoms with van der Waals surface area (Å²) in [6, 6.07) is 6.09. The van der Waals surface area contributed by atoms with Gasteiger partial charge in [0.25, 0.3) is 0 Å². The third kappa shape index (κ3) is 5.85. The third-order valence-corrected chi connectivity index (χ3v) is 3.04. The van der Waals surface area contributed by atoms with Crippen molar-refractivity contribution in [2.24, 2.45) is 5.16 Å². The van der Waals surface area contributed by atoms with E-state index in [2.05, 4.69) is 5.16 Å². The van der Waals surface area contributed by atoms with Crippen LogP contribution in [0.25, 0.3) is 0 Å². The first-order valence-corrected chi connectivity index (χ1v) is 7.16. The highest BCUT2D eigenvalue weighted by atomic mass is 16.5. The number of carbonyl (C=O) groups excluding carboxylic acids is 1. The highest BCUT2D eigenvalue weighted by molar-refractivity contribution is 6.36. The third-order valence-electron chi connectivity index (χ3n) is 3.04. The summed E-state index contributed by atoms with van der Waals surface area (Å²) in [5.74, 6) is 0.326. The van der Waals surface area contributed by atoms with Gasteiger partial charge in [-0.15, -0.1) is 0 Å². The standard InChI is InChI=1S/C16H23NO4/c1-4-20-16(18)14(17-19)7-5-6-10-21-15-11-12(2)8-9-13(15)3/h8-9,11,19H,4-7,10H2,1-3H3/b17-14+. The molecule has 0 amide bonds. The highest BCUT2D eigenvalue weighted by Crippen LogP contribution is 2.19. The smallest absolute Gasteiger partial charge is 0.356 e. The number of ether oxygens (including phenoxy) is 2. The Balaban J connectivity index is 2.31. The number of unbranched alkanes of at least 4 members (excludes halogenated alkanes) is 1. The van der Waals surface area contributed by atoms with Crippen LogP contribution in [-0.4, -0.2) is 30.1 Å². The van der Waals surface area contributed by atoms with E-state index in [0.717, 1.165) is 23.3 Å². The zero-order chi connectivity index (χ0) is 15.7. The minimum atomic E-state index is -0.560. The van der Waals surface area contributed by atoms with Gasteiger partial charge in [0.05, 0.1) is 13.2 Å². The van der Waals surface area contributed by atoms with Gasteiger partial charge in [-0.05, 0) is 50.8 Å². The Hall–Kier alpha value is -2.04. The van der Waals surface area contributed by atoms with Gasteiger partial charge in [0.1, 0.15) is 5.75 Å². The Bertz CT molecular complexity index is 497. The zero-order valence-corrected chi connectivity index (χ0v) is 12.9. The average Bonchev–Trinajstić information content (AvgIpc) is 2.46. The lowest BCUT2D eigenvalue weighted by Gasteiger charge is -2.10. The van der Waals surface area contributed by atoms with E-state index < -0.39 is 5.97 Å². The molecule has 1 aromatic rings. The number of rotatable bonds is 8. The van der Waals surface area contributed by atoms with Crippen LogP contribution in [0.15, 0.2) is 23.4 Å². The molecule has 1 N–H and O–H groups in total. The van der Waals surface area contributed by atoms with Gasteiger partial charge in [0, 0.05) is 6.42 Å². The van der Waals surface area contributed by atoms with Gasteiger partial charge in [0.15, 0.2) is 5.71 Å². The van der Waals surface area contributed by atoms with E-state index in [-0.39, 0.29) is 12.3 Å². The molecule has 0 unspecified atom stereocenters. The maximum atomic E-state index is 11.4. The largest absolute Gasteiger partial charge is 0.493 e. The van der Waals surface area contributed by atoms with E-state index in [1.165, 1.54) is 0 Å². The summed E-state index contributed by atoms with van der Waals surface area (Å²) in [5, 5.41) is 11.8. The Morgan fingerprint density at radius 2 is 2.05 bits per heavy atom. The topological polar surface area (TPSA) is 68.1 Å². The van der Waals surface area contributed by atoms with Crippen LogP contribution in [0.5, 0.6) is 5.75 Å². The van der Waals surface area contributed by atoms with Crippen molar-refractivity contribution in [3.05, 3.63) is 29.3 Å². The summed E-state index contributed by atoms with van der Waals surface area (Å²) < 4.78 is 10.5. The van der Waals surface area contributed by atoms with E-state index >= 15 is 0 Å². The van der Waals surface area contributed by atoms with Crippen LogP contribution >= 0.6 is 0 Å². The summed E-state index contributed by atoms with van der Waals surface area (Å²) >= 11 is 0. The molecule has 1 aromatic carbocycles. The summed E-state index contributed by atoms with van der Waals surface area (Å²) in [5.41, 5.74) is 2.32. The molecule has 116 valence electrons. The summed E-state index contributed by atoms with van der Waals surface area (Å²) in [4.78, 5) is 11.4. The monoisotopic (exact) mass is 293 g/mol. The molecule has 1 rings (SSSR count). The number of esters is 1. The zero-order valence-electron chi connectivity index (χ0n) is 12.9. The molecule has 5 heteroatoms. The molecule has 0 heterocycles. The van der Waals surface area contributed by atoms with Crippen molar-refractivity contribution in [1.82, 2.24) is 0 Å². The van der Waals surface area contributed by atoms with Crippen LogP contribution in [0.1, 0.15) is 37.3 Å². The highest BCUT2D eigenvalue weighted by Gasteiger charge is 2.12. The molecular formula is C16H23NO4. The number of nitrogens with zero attached hydrogens (tertiary/aromatic N) is 1. The van der Waals surface area contributed by atoms with Gasteiger partial charge in [-0.2, -0.15) is 0 Å². The molecule has 5 nitrogen and oxygen atoms in total. The van der Waals surface area contributed by atoms with Crippen molar-refractivity contribution in [3.8, 4) is 5.75 Å². The van der Waals surface area contributed by atoms with Gasteiger partial charge in [-0.3, -0.25) is 0 Å². The SMILES string of the molecule is CCOC(=O)/C(CCCCOc1cc(C)ccc1C)=N/O. The number of hydrogen-bond donors (Lipinski definition) is 1. The summed E-state index contributed by atoms with van der Waals surface area (Å²) in [6.07, 6.45) is 1.85. The maximum Gasteiger partial charge on any atom is 0.356 e. The van der Waals surface area contributed by atoms with Gasteiger partial charge < -0.3 is 14.7 Å². The van der Waals surface area contributed by atoms with E-state index in [1.807, 2.05) is 32.0 Å². The second-order valence-corrected chi connectivity index (χ2v) is 4.84. The van der Waals surface area contributed by atoms with Gasteiger partial charge >= 0.3 is 5.97 Å². The van der Waals surface area contributed by atoms with E-state index in [1.54, 1.807) is 6.92 Å². The molecule has 0 atom stereocenters. The molecule has 0 aromatic heterocycles. The van der Waals surface area contributed by atoms with E-state index in [0.29, 0.717) is 19.4 Å². The Labute approximate surface area is 125 Å². The minimum Gasteiger partial charge on any atom is -0.493 e. The van der Waals surface area contributed by atoms with Crippen molar-refractivity contribution in [1.29, 1.82) is 0 Å². The maximum absolute atomic E-state index is 11.4. The molecule has 0 fully saturated rings. The quantitative estimate of drug-likeness (QED) is 0.263. The van der Waals surface area contributed by atoms with Crippen molar-refractivity contribution in [2.75, 3.05) is 13.2 Å². The molecular weight excluding hydrogens is 270 g/mol. The minimum absolute atomic E-state index is 0.0589. The number of aryl methyl sites for hydroxylation is 2. The molecule has 0 bridgehead atoms. The Morgan fingerprint density at radius 3 is 2.71 bits per heavy atom. The predicted molar refractivity (Wildman–Crippen MR) is 81.1 cm³/mol. The first kappa shape index (κ1) is 17.0. The fourth-order valence-corrected chi connectivity index (χ4v) is 1.85. The van der Waals surface area contributed by atoms with Crippen LogP contribution in [0.4, 0.5) is 0 Å². The number of hydrogen-bond acceptors (Lipinski definition) is 5. The van der Waals surface area contributed by atoms with Crippen LogP contribution in [0, 0.1) is 13.8 Å². The molecule has 21 heavy (non-hydrogen) atoms. The summed E-state index contributed by atoms with van der Waals surface area (Å²) in [7, 11) is 0. The Kier molecular flexibility index (Phi) is 7.29. The van der Waals surface area contributed by atoms with Gasteiger partial charge in [-0.1, -0.05) is 17.3 Å². The second-order valence-electron chi connectivity index (χ2n) is 4.84. The Morgan fingerprint density at radius 1 is 1.29 bits per heavy atom. The van der Waals surface area contributed by atoms with Crippen molar-refractivity contribution in [2.45, 2.75) is 40.0 Å². The van der Waals surface area contributed by atoms with E-state index in [4.69, 9.17) is 14.7 Å². The fourth-order valence-electron chi connectivity index (χ4n) is 1.85. The number of carbonyl (C=O) groups is 1. The van der Waals surface area contributed by atoms with Crippen LogP contribution in [0.2, 0.25) is 0 Å². The summed E-state index contributed by atoms with van der Waals surface area (Å²) in [6.45, 7) is 6.58. The van der Waals surface area contributed by atoms with Crippen molar-refractivity contribution < 1.29 is 19.5 Å². The normalized spacial score (nSPS) is 11.3. The molecule has 0 saturated carbocycles. The van der Waals surface area contributed by atoms with E-state index in [9.17, 15) is 4.79 Å². The lowest BCUT2D eigenvalue weighted by Crippen LogP contribution is -2.17. The number of oxime groups is 1. The second kappa shape index (κ2) is 9.00. The van der Waals surface area contributed by atoms with Gasteiger partial charge in [0.2, 0.25) is 0 Å². The first-order chi connectivity index (χ1) is 10.1. The molecule has 0 aliphatic heterocycles. The predicted octanol–water partition coefficient (Wildman–Crippen LogP) is 3.25. The van der Waals surface area contributed by atoms with Crippen molar-refractivity contribution in [3.63, 3.8) is 0 Å². The van der Waals surface area contributed by atoms with Gasteiger partial charge in [-0.25, -0.2) is 4.79 Å². The lowest BCUT2D eigenvalue weighted by molar-refractivity contribution is -0.135. The van der Waals surface area contributed by atoms with Crippen molar-refractivity contribution >= 4 is 11.7 Å². The van der Waals surface area contributed by atoms with Crippen LogP contribution in [-0.2, 0) is 9.53 Å².